The molecule has 1 N–H and O–H groups in total. The fourth-order valence-electron chi connectivity index (χ4n) is 3.00. The molecule has 10 heteroatoms. The summed E-state index contributed by atoms with van der Waals surface area (Å²) in [4.78, 5) is 11.0. The van der Waals surface area contributed by atoms with E-state index < -0.39 is 10.2 Å². The summed E-state index contributed by atoms with van der Waals surface area (Å²) in [6.07, 6.45) is 1.79. The number of nitrogens with one attached hydrogen (secondary N) is 1. The number of ether oxygens (including phenoxy) is 1. The van der Waals surface area contributed by atoms with Gasteiger partial charge < -0.3 is 9.64 Å². The Balaban J connectivity index is 1.61. The van der Waals surface area contributed by atoms with Gasteiger partial charge in [-0.15, -0.1) is 0 Å². The summed E-state index contributed by atoms with van der Waals surface area (Å²) in [5, 5.41) is 0.177. The lowest BCUT2D eigenvalue weighted by molar-refractivity contribution is 0.482. The van der Waals surface area contributed by atoms with Gasteiger partial charge in [-0.1, -0.05) is 24.6 Å². The fraction of sp³-hybridized carbons (Fsp3) is 0.263. The highest BCUT2D eigenvalue weighted by atomic mass is 35.5. The maximum atomic E-state index is 12.3. The molecule has 2 heterocycles. The SMILES string of the molecule is CCN(C)S(=O)(=O)Nc1cccc(Oc2ccc3c(c2)C2=NCCN2C=N3)c1Cl. The van der Waals surface area contributed by atoms with Gasteiger partial charge >= 0.3 is 10.2 Å². The summed E-state index contributed by atoms with van der Waals surface area (Å²) in [5.41, 5.74) is 1.96. The molecule has 29 heavy (non-hydrogen) atoms. The van der Waals surface area contributed by atoms with Crippen molar-refractivity contribution >= 4 is 45.4 Å². The number of anilines is 1. The normalized spacial score (nSPS) is 15.2. The van der Waals surface area contributed by atoms with Crippen LogP contribution in [0.3, 0.4) is 0 Å². The molecule has 0 spiro atoms. The van der Waals surface area contributed by atoms with Gasteiger partial charge in [-0.3, -0.25) is 9.71 Å². The number of nitrogens with zero attached hydrogens (tertiary/aromatic N) is 4. The molecule has 0 saturated heterocycles. The second-order valence-electron chi connectivity index (χ2n) is 6.56. The van der Waals surface area contributed by atoms with E-state index in [1.807, 2.05) is 17.0 Å². The average molecular weight is 434 g/mol. The number of fused-ring (bicyclic) bond motifs is 3. The van der Waals surface area contributed by atoms with E-state index in [0.717, 1.165) is 30.2 Å². The van der Waals surface area contributed by atoms with Crippen molar-refractivity contribution in [2.75, 3.05) is 31.4 Å². The number of aliphatic imine (C=N–C) groups is 2. The summed E-state index contributed by atoms with van der Waals surface area (Å²) in [6, 6.07) is 10.5. The molecular weight excluding hydrogens is 414 g/mol. The van der Waals surface area contributed by atoms with E-state index in [-0.39, 0.29) is 10.7 Å². The van der Waals surface area contributed by atoms with Crippen molar-refractivity contribution in [3.05, 3.63) is 47.0 Å². The Morgan fingerprint density at radius 3 is 2.93 bits per heavy atom. The van der Waals surface area contributed by atoms with E-state index in [1.165, 1.54) is 11.4 Å². The number of halogens is 1. The van der Waals surface area contributed by atoms with E-state index in [1.54, 1.807) is 37.5 Å². The van der Waals surface area contributed by atoms with Gasteiger partial charge in [0.15, 0.2) is 0 Å². The first kappa shape index (κ1) is 19.7. The zero-order valence-electron chi connectivity index (χ0n) is 16.0. The number of rotatable bonds is 6. The Morgan fingerprint density at radius 1 is 1.31 bits per heavy atom. The van der Waals surface area contributed by atoms with Crippen LogP contribution in [0.1, 0.15) is 12.5 Å². The third-order valence-electron chi connectivity index (χ3n) is 4.71. The van der Waals surface area contributed by atoms with Gasteiger partial charge in [0.05, 0.1) is 24.3 Å². The number of hydrogen-bond acceptors (Lipinski definition) is 6. The summed E-state index contributed by atoms with van der Waals surface area (Å²) >= 11 is 6.42. The van der Waals surface area contributed by atoms with Crippen LogP contribution in [0.5, 0.6) is 11.5 Å². The topological polar surface area (TPSA) is 86.6 Å². The predicted octanol–water partition coefficient (Wildman–Crippen LogP) is 3.48. The second kappa shape index (κ2) is 7.66. The quantitative estimate of drug-likeness (QED) is 0.755. The van der Waals surface area contributed by atoms with E-state index >= 15 is 0 Å². The zero-order chi connectivity index (χ0) is 20.6. The highest BCUT2D eigenvalue weighted by molar-refractivity contribution is 7.90. The summed E-state index contributed by atoms with van der Waals surface area (Å²) in [7, 11) is -2.20. The van der Waals surface area contributed by atoms with Crippen molar-refractivity contribution in [2.45, 2.75) is 6.92 Å². The van der Waals surface area contributed by atoms with Crippen molar-refractivity contribution in [3.63, 3.8) is 0 Å². The standard InChI is InChI=1S/C19H20ClN5O3S/c1-3-24(2)29(26,27)23-16-5-4-6-17(18(16)20)28-13-7-8-15-14(11-13)19-21-9-10-25(19)12-22-15/h4-8,11-12,23H,3,9-10H2,1-2H3. The maximum absolute atomic E-state index is 12.3. The first-order valence-corrected chi connectivity index (χ1v) is 10.9. The van der Waals surface area contributed by atoms with Crippen molar-refractivity contribution in [2.24, 2.45) is 9.98 Å². The molecule has 2 aliphatic rings. The summed E-state index contributed by atoms with van der Waals surface area (Å²) in [6.45, 7) is 3.62. The molecule has 0 radical (unpaired) electrons. The zero-order valence-corrected chi connectivity index (χ0v) is 17.5. The minimum absolute atomic E-state index is 0.177. The van der Waals surface area contributed by atoms with E-state index in [2.05, 4.69) is 14.7 Å². The Morgan fingerprint density at radius 2 is 2.14 bits per heavy atom. The highest BCUT2D eigenvalue weighted by Crippen LogP contribution is 2.37. The summed E-state index contributed by atoms with van der Waals surface area (Å²) in [5.74, 6) is 1.77. The van der Waals surface area contributed by atoms with Crippen LogP contribution in [0.15, 0.2) is 46.4 Å². The first-order valence-electron chi connectivity index (χ1n) is 9.09. The smallest absolute Gasteiger partial charge is 0.301 e. The van der Waals surface area contributed by atoms with E-state index in [0.29, 0.717) is 18.0 Å². The molecule has 2 aliphatic heterocycles. The Bertz CT molecular complexity index is 1120. The van der Waals surface area contributed by atoms with Gasteiger partial charge in [-0.05, 0) is 30.3 Å². The number of hydrogen-bond donors (Lipinski definition) is 1. The van der Waals surface area contributed by atoms with Crippen LogP contribution in [0, 0.1) is 0 Å². The average Bonchev–Trinajstić information content (AvgIpc) is 3.19. The molecule has 0 unspecified atom stereocenters. The molecule has 0 saturated carbocycles. The Labute approximate surface area is 174 Å². The van der Waals surface area contributed by atoms with Crippen LogP contribution < -0.4 is 9.46 Å². The molecule has 152 valence electrons. The Hall–Kier alpha value is -2.62. The monoisotopic (exact) mass is 433 g/mol. The molecule has 0 bridgehead atoms. The number of amidine groups is 1. The molecule has 0 atom stereocenters. The van der Waals surface area contributed by atoms with Gasteiger partial charge in [0, 0.05) is 25.7 Å². The number of benzene rings is 2. The molecule has 2 aromatic rings. The van der Waals surface area contributed by atoms with Crippen LogP contribution in [0.25, 0.3) is 0 Å². The van der Waals surface area contributed by atoms with Gasteiger partial charge in [-0.25, -0.2) is 4.99 Å². The maximum Gasteiger partial charge on any atom is 0.301 e. The first-order chi connectivity index (χ1) is 13.9. The van der Waals surface area contributed by atoms with E-state index in [4.69, 9.17) is 16.3 Å². The van der Waals surface area contributed by atoms with Crippen LogP contribution in [0.4, 0.5) is 11.4 Å². The van der Waals surface area contributed by atoms with Crippen molar-refractivity contribution < 1.29 is 13.2 Å². The minimum atomic E-state index is -3.69. The molecule has 4 rings (SSSR count). The molecule has 0 aliphatic carbocycles. The van der Waals surface area contributed by atoms with Gasteiger partial charge in [0.1, 0.15) is 22.4 Å². The van der Waals surface area contributed by atoms with Crippen LogP contribution in [-0.4, -0.2) is 56.5 Å². The second-order valence-corrected chi connectivity index (χ2v) is 8.72. The van der Waals surface area contributed by atoms with Gasteiger partial charge in [0.2, 0.25) is 0 Å². The van der Waals surface area contributed by atoms with Gasteiger partial charge in [0.25, 0.3) is 0 Å². The lowest BCUT2D eigenvalue weighted by Crippen LogP contribution is -2.32. The van der Waals surface area contributed by atoms with Gasteiger partial charge in [-0.2, -0.15) is 12.7 Å². The van der Waals surface area contributed by atoms with Crippen molar-refractivity contribution in [3.8, 4) is 11.5 Å². The molecule has 0 fully saturated rings. The molecule has 0 amide bonds. The van der Waals surface area contributed by atoms with Crippen LogP contribution >= 0.6 is 11.6 Å². The summed E-state index contributed by atoms with van der Waals surface area (Å²) < 4.78 is 34.2. The minimum Gasteiger partial charge on any atom is -0.456 e. The lowest BCUT2D eigenvalue weighted by atomic mass is 10.1. The largest absolute Gasteiger partial charge is 0.456 e. The fourth-order valence-corrected chi connectivity index (χ4v) is 4.21. The molecule has 0 aromatic heterocycles. The molecule has 8 nitrogen and oxygen atoms in total. The van der Waals surface area contributed by atoms with Crippen molar-refractivity contribution in [1.82, 2.24) is 9.21 Å². The molecule has 2 aromatic carbocycles. The Kier molecular flexibility index (Phi) is 5.20. The molecular formula is C19H20ClN5O3S. The van der Waals surface area contributed by atoms with Crippen LogP contribution in [0.2, 0.25) is 5.02 Å². The third-order valence-corrected chi connectivity index (χ3v) is 6.65. The van der Waals surface area contributed by atoms with Crippen LogP contribution in [-0.2, 0) is 10.2 Å². The van der Waals surface area contributed by atoms with E-state index in [9.17, 15) is 8.42 Å². The third kappa shape index (κ3) is 3.81. The van der Waals surface area contributed by atoms with Crippen molar-refractivity contribution in [1.29, 1.82) is 0 Å². The highest BCUT2D eigenvalue weighted by Gasteiger charge is 2.24. The predicted molar refractivity (Wildman–Crippen MR) is 115 cm³/mol. The lowest BCUT2D eigenvalue weighted by Gasteiger charge is -2.21.